The van der Waals surface area contributed by atoms with E-state index >= 15 is 0 Å². The van der Waals surface area contributed by atoms with Crippen LogP contribution < -0.4 is 4.74 Å². The summed E-state index contributed by atoms with van der Waals surface area (Å²) < 4.78 is 5.69. The molecule has 1 N–H and O–H groups in total. The van der Waals surface area contributed by atoms with Crippen LogP contribution in [-0.2, 0) is 11.4 Å². The van der Waals surface area contributed by atoms with Crippen LogP contribution in [-0.4, -0.2) is 33.2 Å². The summed E-state index contributed by atoms with van der Waals surface area (Å²) in [6.07, 6.45) is 1.62. The number of aromatic carboxylic acids is 1. The van der Waals surface area contributed by atoms with Gasteiger partial charge in [-0.15, -0.1) is 0 Å². The maximum absolute atomic E-state index is 12.4. The molecule has 0 bridgehead atoms. The van der Waals surface area contributed by atoms with E-state index in [0.717, 1.165) is 11.8 Å². The molecular weight excluding hydrogens is 414 g/mol. The Kier molecular flexibility index (Phi) is 6.30. The van der Waals surface area contributed by atoms with Gasteiger partial charge in [0.05, 0.1) is 15.5 Å². The minimum absolute atomic E-state index is 0.160. The number of carboxylic acid groups (broad SMARTS) is 1. The van der Waals surface area contributed by atoms with Crippen molar-refractivity contribution in [3.05, 3.63) is 69.1 Å². The smallest absolute Gasteiger partial charge is 0.335 e. The summed E-state index contributed by atoms with van der Waals surface area (Å²) in [6, 6.07) is 11.3. The molecule has 150 valence electrons. The Hall–Kier alpha value is -2.77. The van der Waals surface area contributed by atoms with Crippen molar-refractivity contribution in [3.63, 3.8) is 0 Å². The number of hydrogen-bond donors (Lipinski definition) is 1. The van der Waals surface area contributed by atoms with Crippen molar-refractivity contribution in [1.82, 2.24) is 4.90 Å². The molecule has 2 amide bonds. The number of carboxylic acids is 1. The molecule has 0 saturated carbocycles. The molecular formula is C21H18ClNO5S. The number of benzene rings is 2. The maximum atomic E-state index is 12.4. The molecule has 0 aliphatic carbocycles. The number of amides is 2. The Balaban J connectivity index is 1.72. The molecule has 2 aromatic carbocycles. The van der Waals surface area contributed by atoms with E-state index in [1.165, 1.54) is 17.0 Å². The van der Waals surface area contributed by atoms with Crippen molar-refractivity contribution >= 4 is 46.6 Å². The van der Waals surface area contributed by atoms with Crippen molar-refractivity contribution in [1.29, 1.82) is 0 Å². The van der Waals surface area contributed by atoms with E-state index in [9.17, 15) is 14.4 Å². The number of thioether (sulfide) groups is 1. The zero-order valence-corrected chi connectivity index (χ0v) is 17.3. The minimum atomic E-state index is -1.00. The Bertz CT molecular complexity index is 1020. The lowest BCUT2D eigenvalue weighted by atomic mass is 10.1. The van der Waals surface area contributed by atoms with Gasteiger partial charge in [0.25, 0.3) is 11.1 Å². The monoisotopic (exact) mass is 431 g/mol. The van der Waals surface area contributed by atoms with Gasteiger partial charge in [-0.3, -0.25) is 14.5 Å². The van der Waals surface area contributed by atoms with Gasteiger partial charge in [-0.2, -0.15) is 0 Å². The van der Waals surface area contributed by atoms with Crippen LogP contribution in [0, 0.1) is 0 Å². The van der Waals surface area contributed by atoms with Crippen molar-refractivity contribution in [2.45, 2.75) is 26.5 Å². The van der Waals surface area contributed by atoms with Crippen molar-refractivity contribution in [2.24, 2.45) is 0 Å². The lowest BCUT2D eigenvalue weighted by Gasteiger charge is -2.16. The number of halogens is 1. The first-order valence-corrected chi connectivity index (χ1v) is 9.97. The van der Waals surface area contributed by atoms with E-state index in [4.69, 9.17) is 21.4 Å². The number of nitrogens with zero attached hydrogens (tertiary/aromatic N) is 1. The molecule has 1 aliphatic heterocycles. The number of hydrogen-bond acceptors (Lipinski definition) is 5. The molecule has 0 atom stereocenters. The highest BCUT2D eigenvalue weighted by Gasteiger charge is 2.36. The van der Waals surface area contributed by atoms with Crippen LogP contribution in [0.3, 0.4) is 0 Å². The molecule has 2 aromatic rings. The first kappa shape index (κ1) is 21.0. The highest BCUT2D eigenvalue weighted by Crippen LogP contribution is 2.34. The van der Waals surface area contributed by atoms with E-state index in [1.54, 1.807) is 50.3 Å². The van der Waals surface area contributed by atoms with Crippen LogP contribution in [0.15, 0.2) is 47.4 Å². The van der Waals surface area contributed by atoms with E-state index in [1.807, 2.05) is 0 Å². The molecule has 29 heavy (non-hydrogen) atoms. The van der Waals surface area contributed by atoms with E-state index in [2.05, 4.69) is 0 Å². The van der Waals surface area contributed by atoms with Crippen LogP contribution >= 0.6 is 23.4 Å². The van der Waals surface area contributed by atoms with Crippen LogP contribution in [0.25, 0.3) is 6.08 Å². The lowest BCUT2D eigenvalue weighted by molar-refractivity contribution is -0.123. The molecule has 1 heterocycles. The van der Waals surface area contributed by atoms with Gasteiger partial charge < -0.3 is 9.84 Å². The molecule has 0 spiro atoms. The van der Waals surface area contributed by atoms with Crippen molar-refractivity contribution < 1.29 is 24.2 Å². The van der Waals surface area contributed by atoms with Crippen molar-refractivity contribution in [2.75, 3.05) is 0 Å². The normalized spacial score (nSPS) is 15.4. The summed E-state index contributed by atoms with van der Waals surface area (Å²) in [5, 5.41) is 9.11. The summed E-state index contributed by atoms with van der Waals surface area (Å²) >= 11 is 7.19. The van der Waals surface area contributed by atoms with Crippen LogP contribution in [0.1, 0.15) is 35.3 Å². The quantitative estimate of drug-likeness (QED) is 0.643. The Morgan fingerprint density at radius 2 is 2.00 bits per heavy atom. The first-order valence-electron chi connectivity index (χ1n) is 8.78. The molecule has 1 aliphatic rings. The Morgan fingerprint density at radius 1 is 1.24 bits per heavy atom. The number of rotatable bonds is 6. The second-order valence-corrected chi connectivity index (χ2v) is 8.03. The van der Waals surface area contributed by atoms with Gasteiger partial charge in [0.2, 0.25) is 0 Å². The molecule has 1 fully saturated rings. The van der Waals surface area contributed by atoms with Gasteiger partial charge in [0.15, 0.2) is 0 Å². The molecule has 0 aromatic heterocycles. The number of imide groups is 1. The second-order valence-electron chi connectivity index (χ2n) is 6.63. The van der Waals surface area contributed by atoms with E-state index in [0.29, 0.717) is 26.8 Å². The Labute approximate surface area is 177 Å². The van der Waals surface area contributed by atoms with Gasteiger partial charge in [-0.05, 0) is 67.1 Å². The average molecular weight is 432 g/mol. The van der Waals surface area contributed by atoms with Gasteiger partial charge in [0.1, 0.15) is 12.4 Å². The predicted molar refractivity (Wildman–Crippen MR) is 112 cm³/mol. The van der Waals surface area contributed by atoms with Gasteiger partial charge >= 0.3 is 5.97 Å². The standard InChI is InChI=1S/C21H18ClNO5S/c1-12(2)23-19(24)18(29-21(23)27)10-13-6-7-17(16(22)9-13)28-11-14-4-3-5-15(8-14)20(25)26/h3-10,12H,11H2,1-2H3,(H,25,26)/b18-10+. The molecule has 1 saturated heterocycles. The molecule has 0 unspecified atom stereocenters. The van der Waals surface area contributed by atoms with Gasteiger partial charge in [-0.1, -0.05) is 29.8 Å². The van der Waals surface area contributed by atoms with E-state index < -0.39 is 5.97 Å². The second kappa shape index (κ2) is 8.71. The maximum Gasteiger partial charge on any atom is 0.335 e. The SMILES string of the molecule is CC(C)N1C(=O)S/C(=C/c2ccc(OCc3cccc(C(=O)O)c3)c(Cl)c2)C1=O. The molecule has 0 radical (unpaired) electrons. The fourth-order valence-electron chi connectivity index (χ4n) is 2.76. The van der Waals surface area contributed by atoms with Gasteiger partial charge in [0, 0.05) is 6.04 Å². The summed E-state index contributed by atoms with van der Waals surface area (Å²) in [7, 11) is 0. The highest BCUT2D eigenvalue weighted by molar-refractivity contribution is 8.18. The van der Waals surface area contributed by atoms with Crippen LogP contribution in [0.2, 0.25) is 5.02 Å². The average Bonchev–Trinajstić information content (AvgIpc) is 2.94. The first-order chi connectivity index (χ1) is 13.8. The third-order valence-electron chi connectivity index (χ3n) is 4.16. The van der Waals surface area contributed by atoms with Crippen LogP contribution in [0.4, 0.5) is 4.79 Å². The Morgan fingerprint density at radius 3 is 2.62 bits per heavy atom. The number of ether oxygens (including phenoxy) is 1. The fourth-order valence-corrected chi connectivity index (χ4v) is 3.96. The summed E-state index contributed by atoms with van der Waals surface area (Å²) in [5.41, 5.74) is 1.56. The summed E-state index contributed by atoms with van der Waals surface area (Å²) in [4.78, 5) is 37.0. The largest absolute Gasteiger partial charge is 0.487 e. The van der Waals surface area contributed by atoms with Crippen LogP contribution in [0.5, 0.6) is 5.75 Å². The third kappa shape index (κ3) is 4.81. The minimum Gasteiger partial charge on any atom is -0.487 e. The lowest BCUT2D eigenvalue weighted by Crippen LogP contribution is -2.34. The number of carbonyl (C=O) groups excluding carboxylic acids is 2. The summed E-state index contributed by atoms with van der Waals surface area (Å²) in [5.74, 6) is -0.888. The zero-order valence-electron chi connectivity index (χ0n) is 15.7. The van der Waals surface area contributed by atoms with Crippen molar-refractivity contribution in [3.8, 4) is 5.75 Å². The predicted octanol–water partition coefficient (Wildman–Crippen LogP) is 5.06. The molecule has 6 nitrogen and oxygen atoms in total. The third-order valence-corrected chi connectivity index (χ3v) is 5.34. The van der Waals surface area contributed by atoms with E-state index in [-0.39, 0.29) is 29.4 Å². The fraction of sp³-hybridized carbons (Fsp3) is 0.190. The summed E-state index contributed by atoms with van der Waals surface area (Å²) in [6.45, 7) is 3.73. The molecule has 3 rings (SSSR count). The van der Waals surface area contributed by atoms with Gasteiger partial charge in [-0.25, -0.2) is 4.79 Å². The number of carbonyl (C=O) groups is 3. The zero-order chi connectivity index (χ0) is 21.1. The molecule has 8 heteroatoms. The highest BCUT2D eigenvalue weighted by atomic mass is 35.5. The topological polar surface area (TPSA) is 83.9 Å².